The van der Waals surface area contributed by atoms with Gasteiger partial charge in [0.15, 0.2) is 5.96 Å². The summed E-state index contributed by atoms with van der Waals surface area (Å²) in [5, 5.41) is 3.43. The molecule has 0 saturated carbocycles. The molecule has 2 heterocycles. The third-order valence-electron chi connectivity index (χ3n) is 4.69. The van der Waals surface area contributed by atoms with Crippen LogP contribution in [-0.4, -0.2) is 60.2 Å². The Labute approximate surface area is 197 Å². The van der Waals surface area contributed by atoms with Crippen molar-refractivity contribution in [2.24, 2.45) is 10.9 Å². The van der Waals surface area contributed by atoms with Crippen molar-refractivity contribution in [3.05, 3.63) is 48.3 Å². The Morgan fingerprint density at radius 2 is 1.80 bits per heavy atom. The van der Waals surface area contributed by atoms with Crippen LogP contribution in [0, 0.1) is 5.92 Å². The molecule has 0 unspecified atom stereocenters. The molecule has 164 valence electrons. The number of ether oxygens (including phenoxy) is 1. The highest BCUT2D eigenvalue weighted by molar-refractivity contribution is 14.0. The molecular weight excluding hydrogens is 491 g/mol. The van der Waals surface area contributed by atoms with Crippen molar-refractivity contribution in [2.75, 3.05) is 44.2 Å². The van der Waals surface area contributed by atoms with Gasteiger partial charge in [-0.2, -0.15) is 0 Å². The quantitative estimate of drug-likeness (QED) is 0.340. The van der Waals surface area contributed by atoms with Crippen molar-refractivity contribution in [1.29, 1.82) is 0 Å². The summed E-state index contributed by atoms with van der Waals surface area (Å²) in [6.07, 6.45) is 3.58. The molecule has 0 aliphatic carbocycles. The van der Waals surface area contributed by atoms with Crippen LogP contribution in [-0.2, 0) is 6.54 Å². The van der Waals surface area contributed by atoms with Crippen LogP contribution in [0.25, 0.3) is 0 Å². The second-order valence-electron chi connectivity index (χ2n) is 7.51. The molecule has 1 N–H and O–H groups in total. The van der Waals surface area contributed by atoms with Gasteiger partial charge in [0.1, 0.15) is 5.75 Å². The fraction of sp³-hybridized carbons (Fsp3) is 0.500. The Kier molecular flexibility index (Phi) is 10.1. The van der Waals surface area contributed by atoms with E-state index in [1.54, 1.807) is 12.4 Å². The lowest BCUT2D eigenvalue weighted by Gasteiger charge is -2.36. The first-order chi connectivity index (χ1) is 14.2. The number of anilines is 1. The normalized spacial score (nSPS) is 14.5. The number of rotatable bonds is 7. The van der Waals surface area contributed by atoms with Gasteiger partial charge in [0, 0.05) is 50.7 Å². The Morgan fingerprint density at radius 1 is 1.10 bits per heavy atom. The maximum Gasteiger partial charge on any atom is 0.225 e. The third kappa shape index (κ3) is 7.00. The minimum Gasteiger partial charge on any atom is -0.493 e. The summed E-state index contributed by atoms with van der Waals surface area (Å²) in [6.45, 7) is 12.1. The van der Waals surface area contributed by atoms with Crippen LogP contribution in [0.15, 0.2) is 47.7 Å². The van der Waals surface area contributed by atoms with Crippen LogP contribution in [0.3, 0.4) is 0 Å². The number of hydrogen-bond donors (Lipinski definition) is 1. The maximum atomic E-state index is 5.98. The zero-order chi connectivity index (χ0) is 20.5. The fourth-order valence-corrected chi connectivity index (χ4v) is 3.19. The largest absolute Gasteiger partial charge is 0.493 e. The average Bonchev–Trinajstić information content (AvgIpc) is 2.76. The molecule has 1 aromatic carbocycles. The highest BCUT2D eigenvalue weighted by Gasteiger charge is 2.21. The molecule has 0 atom stereocenters. The third-order valence-corrected chi connectivity index (χ3v) is 4.69. The van der Waals surface area contributed by atoms with Crippen LogP contribution in [0.2, 0.25) is 0 Å². The van der Waals surface area contributed by atoms with Gasteiger partial charge in [0.25, 0.3) is 0 Å². The van der Waals surface area contributed by atoms with E-state index in [0.29, 0.717) is 19.1 Å². The monoisotopic (exact) mass is 524 g/mol. The number of guanidine groups is 1. The van der Waals surface area contributed by atoms with Crippen molar-refractivity contribution < 1.29 is 4.74 Å². The van der Waals surface area contributed by atoms with E-state index >= 15 is 0 Å². The topological polar surface area (TPSA) is 65.9 Å². The van der Waals surface area contributed by atoms with E-state index in [2.05, 4.69) is 51.9 Å². The molecule has 0 radical (unpaired) electrons. The van der Waals surface area contributed by atoms with Gasteiger partial charge < -0.3 is 19.9 Å². The zero-order valence-corrected chi connectivity index (χ0v) is 20.5. The summed E-state index contributed by atoms with van der Waals surface area (Å²) in [5.41, 5.74) is 1.11. The number of hydrogen-bond acceptors (Lipinski definition) is 5. The lowest BCUT2D eigenvalue weighted by molar-refractivity contribution is 0.268. The van der Waals surface area contributed by atoms with E-state index < -0.39 is 0 Å². The highest BCUT2D eigenvalue weighted by Crippen LogP contribution is 2.20. The molecule has 8 heteroatoms. The minimum absolute atomic E-state index is 0. The van der Waals surface area contributed by atoms with Crippen molar-refractivity contribution >= 4 is 35.9 Å². The second-order valence-corrected chi connectivity index (χ2v) is 7.51. The van der Waals surface area contributed by atoms with Crippen LogP contribution in [0.5, 0.6) is 5.75 Å². The zero-order valence-electron chi connectivity index (χ0n) is 18.1. The lowest BCUT2D eigenvalue weighted by Crippen LogP contribution is -2.52. The standard InChI is InChI=1S/C22H32N6O.HI/c1-4-23-21(26-16-19-8-5-6-9-20(19)29-17-18(2)3)27-12-14-28(15-13-27)22-24-10-7-11-25-22;/h5-11,18H,4,12-17H2,1-3H3,(H,23,26);1H. The van der Waals surface area contributed by atoms with Gasteiger partial charge in [-0.15, -0.1) is 24.0 Å². The first kappa shape index (κ1) is 24.2. The van der Waals surface area contributed by atoms with Gasteiger partial charge in [0.05, 0.1) is 13.2 Å². The number of para-hydroxylation sites is 1. The number of nitrogens with one attached hydrogen (secondary N) is 1. The van der Waals surface area contributed by atoms with Crippen molar-refractivity contribution in [2.45, 2.75) is 27.3 Å². The van der Waals surface area contributed by atoms with E-state index in [4.69, 9.17) is 9.73 Å². The molecule has 1 aliphatic heterocycles. The minimum atomic E-state index is 0. The number of halogens is 1. The van der Waals surface area contributed by atoms with E-state index in [0.717, 1.165) is 55.9 Å². The van der Waals surface area contributed by atoms with E-state index in [-0.39, 0.29) is 24.0 Å². The van der Waals surface area contributed by atoms with Gasteiger partial charge in [0.2, 0.25) is 5.95 Å². The van der Waals surface area contributed by atoms with E-state index in [1.807, 2.05) is 24.3 Å². The number of aromatic nitrogens is 2. The first-order valence-electron chi connectivity index (χ1n) is 10.4. The lowest BCUT2D eigenvalue weighted by atomic mass is 10.2. The molecule has 1 fully saturated rings. The van der Waals surface area contributed by atoms with Crippen molar-refractivity contribution in [1.82, 2.24) is 20.2 Å². The Morgan fingerprint density at radius 3 is 2.47 bits per heavy atom. The molecule has 1 saturated heterocycles. The molecule has 2 aromatic rings. The SMILES string of the molecule is CCNC(=NCc1ccccc1OCC(C)C)N1CCN(c2ncccn2)CC1.I. The summed E-state index contributed by atoms with van der Waals surface area (Å²) >= 11 is 0. The summed E-state index contributed by atoms with van der Waals surface area (Å²) in [7, 11) is 0. The summed E-state index contributed by atoms with van der Waals surface area (Å²) in [4.78, 5) is 18.1. The molecule has 7 nitrogen and oxygen atoms in total. The Bertz CT molecular complexity index is 778. The number of benzene rings is 1. The number of aliphatic imine (C=N–C) groups is 1. The smallest absolute Gasteiger partial charge is 0.225 e. The summed E-state index contributed by atoms with van der Waals surface area (Å²) in [6, 6.07) is 10.0. The Hall–Kier alpha value is -2.10. The molecule has 0 amide bonds. The fourth-order valence-electron chi connectivity index (χ4n) is 3.19. The highest BCUT2D eigenvalue weighted by atomic mass is 127. The molecule has 30 heavy (non-hydrogen) atoms. The molecule has 1 aromatic heterocycles. The first-order valence-corrected chi connectivity index (χ1v) is 10.4. The van der Waals surface area contributed by atoms with E-state index in [1.165, 1.54) is 0 Å². The summed E-state index contributed by atoms with van der Waals surface area (Å²) in [5.74, 6) is 3.16. The molecule has 3 rings (SSSR count). The molecular formula is C22H33IN6O. The number of nitrogens with zero attached hydrogens (tertiary/aromatic N) is 5. The molecule has 0 spiro atoms. The average molecular weight is 524 g/mol. The van der Waals surface area contributed by atoms with Crippen LogP contribution >= 0.6 is 24.0 Å². The van der Waals surface area contributed by atoms with Crippen LogP contribution in [0.1, 0.15) is 26.3 Å². The molecule has 1 aliphatic rings. The summed E-state index contributed by atoms with van der Waals surface area (Å²) < 4.78 is 5.98. The maximum absolute atomic E-state index is 5.98. The van der Waals surface area contributed by atoms with Crippen LogP contribution < -0.4 is 15.0 Å². The van der Waals surface area contributed by atoms with E-state index in [9.17, 15) is 0 Å². The van der Waals surface area contributed by atoms with Gasteiger partial charge in [-0.05, 0) is 25.0 Å². The van der Waals surface area contributed by atoms with Gasteiger partial charge in [-0.25, -0.2) is 15.0 Å². The predicted molar refractivity (Wildman–Crippen MR) is 133 cm³/mol. The van der Waals surface area contributed by atoms with Crippen molar-refractivity contribution in [3.8, 4) is 5.75 Å². The number of piperazine rings is 1. The van der Waals surface area contributed by atoms with Crippen molar-refractivity contribution in [3.63, 3.8) is 0 Å². The van der Waals surface area contributed by atoms with Gasteiger partial charge >= 0.3 is 0 Å². The van der Waals surface area contributed by atoms with Crippen LogP contribution in [0.4, 0.5) is 5.95 Å². The predicted octanol–water partition coefficient (Wildman–Crippen LogP) is 3.42. The van der Waals surface area contributed by atoms with Gasteiger partial charge in [-0.1, -0.05) is 32.0 Å². The molecule has 0 bridgehead atoms. The Balaban J connectivity index is 0.00000320. The van der Waals surface area contributed by atoms with Gasteiger partial charge in [-0.3, -0.25) is 0 Å². The second kappa shape index (κ2) is 12.6.